The van der Waals surface area contributed by atoms with Crippen LogP contribution in [0.4, 0.5) is 0 Å². The lowest BCUT2D eigenvalue weighted by molar-refractivity contribution is -0.286. The lowest BCUT2D eigenvalue weighted by atomic mass is 9.85. The van der Waals surface area contributed by atoms with Crippen LogP contribution in [0.25, 0.3) is 0 Å². The molecule has 9 atom stereocenters. The average Bonchev–Trinajstić information content (AvgIpc) is 2.79. The maximum atomic E-state index is 12.6. The normalized spacial score (nSPS) is 41.0. The summed E-state index contributed by atoms with van der Waals surface area (Å²) in [4.78, 5) is 12.6. The molecule has 0 aliphatic carbocycles. The molecule has 0 bridgehead atoms. The van der Waals surface area contributed by atoms with Gasteiger partial charge < -0.3 is 30.7 Å². The molecule has 5 N–H and O–H groups in total. The number of ether oxygens (including phenoxy) is 2. The van der Waals surface area contributed by atoms with E-state index in [-0.39, 0.29) is 17.9 Å². The average molecular weight is 457 g/mol. The smallest absolute Gasteiger partial charge is 0.223 e. The number of nitrogens with two attached hydrogens (primary N) is 1. The quantitative estimate of drug-likeness (QED) is 0.505. The highest BCUT2D eigenvalue weighted by atomic mass is 16.7. The number of aliphatic hydroxyl groups is 2. The molecule has 7 heteroatoms. The summed E-state index contributed by atoms with van der Waals surface area (Å²) in [5, 5.41) is 23.8. The van der Waals surface area contributed by atoms with Crippen LogP contribution >= 0.6 is 0 Å². The second kappa shape index (κ2) is 13.9. The van der Waals surface area contributed by atoms with Gasteiger partial charge in [-0.2, -0.15) is 0 Å². The van der Waals surface area contributed by atoms with Crippen molar-refractivity contribution in [1.82, 2.24) is 5.32 Å². The van der Waals surface area contributed by atoms with Gasteiger partial charge in [-0.1, -0.05) is 46.5 Å². The molecule has 0 radical (unpaired) electrons. The van der Waals surface area contributed by atoms with E-state index in [1.165, 1.54) is 0 Å². The number of carbonyl (C=O) groups is 1. The van der Waals surface area contributed by atoms with Gasteiger partial charge in [0.2, 0.25) is 5.91 Å². The summed E-state index contributed by atoms with van der Waals surface area (Å²) in [6.07, 6.45) is 6.63. The van der Waals surface area contributed by atoms with Gasteiger partial charge in [0.15, 0.2) is 6.29 Å². The molecule has 2 heterocycles. The van der Waals surface area contributed by atoms with E-state index in [1.54, 1.807) is 6.92 Å². The van der Waals surface area contributed by atoms with E-state index in [2.05, 4.69) is 26.1 Å². The van der Waals surface area contributed by atoms with Gasteiger partial charge in [-0.25, -0.2) is 0 Å². The van der Waals surface area contributed by atoms with Gasteiger partial charge in [-0.15, -0.1) is 0 Å². The number of carbonyl (C=O) groups excluding carboxylic acids is 1. The van der Waals surface area contributed by atoms with Gasteiger partial charge in [0.25, 0.3) is 0 Å². The summed E-state index contributed by atoms with van der Waals surface area (Å²) in [6.45, 7) is 8.96. The first-order valence-corrected chi connectivity index (χ1v) is 13.0. The number of aliphatic hydroxyl groups excluding tert-OH is 2. The first-order valence-electron chi connectivity index (χ1n) is 13.0. The van der Waals surface area contributed by atoms with Gasteiger partial charge in [0, 0.05) is 12.5 Å². The Morgan fingerprint density at radius 2 is 1.75 bits per heavy atom. The molecule has 188 valence electrons. The van der Waals surface area contributed by atoms with Gasteiger partial charge in [0.1, 0.15) is 6.10 Å². The minimum absolute atomic E-state index is 0.0506. The summed E-state index contributed by atoms with van der Waals surface area (Å²) < 4.78 is 12.2. The van der Waals surface area contributed by atoms with Gasteiger partial charge >= 0.3 is 0 Å². The molecule has 0 unspecified atom stereocenters. The standard InChI is InChI=1S/C25H48N2O5/c1-5-17-10-8-11-19(7-3)24(30)27-15-9-12-18(6-2)20(14-13-17)32-25-23(29)21(26)22(28)16(4)31-25/h16-23,25,28-29H,5-15,26H2,1-4H3,(H,27,30)/t16-,17-,18-,19+,20+,21-,22+,23-,25+/m0/s1. The van der Waals surface area contributed by atoms with E-state index >= 15 is 0 Å². The van der Waals surface area contributed by atoms with Crippen molar-refractivity contribution in [1.29, 1.82) is 0 Å². The molecule has 2 aliphatic heterocycles. The Balaban J connectivity index is 2.11. The van der Waals surface area contributed by atoms with Crippen molar-refractivity contribution < 1.29 is 24.5 Å². The van der Waals surface area contributed by atoms with E-state index in [0.29, 0.717) is 18.4 Å². The first kappa shape index (κ1) is 27.5. The summed E-state index contributed by atoms with van der Waals surface area (Å²) in [6, 6.07) is -0.785. The zero-order valence-corrected chi connectivity index (χ0v) is 20.7. The van der Waals surface area contributed by atoms with Crippen LogP contribution in [0.3, 0.4) is 0 Å². The Hall–Kier alpha value is -0.730. The third-order valence-electron chi connectivity index (χ3n) is 7.77. The minimum Gasteiger partial charge on any atom is -0.389 e. The molecule has 32 heavy (non-hydrogen) atoms. The van der Waals surface area contributed by atoms with Crippen molar-refractivity contribution in [3.05, 3.63) is 0 Å². The first-order chi connectivity index (χ1) is 15.3. The third-order valence-corrected chi connectivity index (χ3v) is 7.77. The lowest BCUT2D eigenvalue weighted by Gasteiger charge is -2.42. The highest BCUT2D eigenvalue weighted by Crippen LogP contribution is 2.31. The van der Waals surface area contributed by atoms with Crippen LogP contribution in [0.15, 0.2) is 0 Å². The zero-order valence-electron chi connectivity index (χ0n) is 20.7. The lowest BCUT2D eigenvalue weighted by Crippen LogP contribution is -2.61. The van der Waals surface area contributed by atoms with Crippen LogP contribution in [0.5, 0.6) is 0 Å². The Morgan fingerprint density at radius 1 is 1.00 bits per heavy atom. The number of amides is 1. The molecule has 0 aromatic carbocycles. The molecule has 0 aromatic heterocycles. The number of hydrogen-bond acceptors (Lipinski definition) is 6. The van der Waals surface area contributed by atoms with Crippen LogP contribution in [0.2, 0.25) is 0 Å². The van der Waals surface area contributed by atoms with Crippen LogP contribution in [0.1, 0.15) is 91.9 Å². The monoisotopic (exact) mass is 456 g/mol. The predicted octanol–water partition coefficient (Wildman–Crippen LogP) is 3.10. The largest absolute Gasteiger partial charge is 0.389 e. The predicted molar refractivity (Wildman–Crippen MR) is 126 cm³/mol. The molecule has 2 fully saturated rings. The highest BCUT2D eigenvalue weighted by molar-refractivity contribution is 5.78. The van der Waals surface area contributed by atoms with E-state index < -0.39 is 30.6 Å². The van der Waals surface area contributed by atoms with E-state index in [0.717, 1.165) is 64.2 Å². The fourth-order valence-corrected chi connectivity index (χ4v) is 5.27. The van der Waals surface area contributed by atoms with Crippen LogP contribution < -0.4 is 11.1 Å². The SMILES string of the molecule is CC[C@H]1CCC[C@@H](CC)C(=O)NCCC[C@H](CC)[C@H](O[C@H]2O[C@@H](C)[C@@H](O)[C@H](N)[C@@H]2O)CC1. The molecule has 0 saturated carbocycles. The van der Waals surface area contributed by atoms with Crippen molar-refractivity contribution in [2.75, 3.05) is 6.54 Å². The molecule has 2 saturated heterocycles. The van der Waals surface area contributed by atoms with E-state index in [1.807, 2.05) is 0 Å². The fraction of sp³-hybridized carbons (Fsp3) is 0.960. The van der Waals surface area contributed by atoms with E-state index in [9.17, 15) is 15.0 Å². The van der Waals surface area contributed by atoms with Gasteiger partial charge in [-0.05, 0) is 57.3 Å². The summed E-state index contributed by atoms with van der Waals surface area (Å²) >= 11 is 0. The Kier molecular flexibility index (Phi) is 11.9. The van der Waals surface area contributed by atoms with Crippen molar-refractivity contribution >= 4 is 5.91 Å². The molecule has 2 aliphatic rings. The van der Waals surface area contributed by atoms with E-state index in [4.69, 9.17) is 15.2 Å². The molecule has 1 amide bonds. The third kappa shape index (κ3) is 7.66. The zero-order chi connectivity index (χ0) is 23.7. The second-order valence-electron chi connectivity index (χ2n) is 9.93. The van der Waals surface area contributed by atoms with Crippen molar-refractivity contribution in [3.8, 4) is 0 Å². The van der Waals surface area contributed by atoms with Crippen LogP contribution in [-0.4, -0.2) is 59.4 Å². The molecular formula is C25H48N2O5. The van der Waals surface area contributed by atoms with Crippen molar-refractivity contribution in [2.45, 2.75) is 129 Å². The maximum absolute atomic E-state index is 12.6. The Labute approximate surface area is 194 Å². The van der Waals surface area contributed by atoms with Gasteiger partial charge in [0.05, 0.1) is 24.4 Å². The summed E-state index contributed by atoms with van der Waals surface area (Å²) in [7, 11) is 0. The summed E-state index contributed by atoms with van der Waals surface area (Å²) in [5.74, 6) is 1.23. The summed E-state index contributed by atoms with van der Waals surface area (Å²) in [5.41, 5.74) is 6.03. The fourth-order valence-electron chi connectivity index (χ4n) is 5.27. The molecule has 7 nitrogen and oxygen atoms in total. The maximum Gasteiger partial charge on any atom is 0.223 e. The van der Waals surface area contributed by atoms with Crippen LogP contribution in [-0.2, 0) is 14.3 Å². The number of nitrogens with one attached hydrogen (secondary N) is 1. The molecule has 2 rings (SSSR count). The topological polar surface area (TPSA) is 114 Å². The Morgan fingerprint density at radius 3 is 2.41 bits per heavy atom. The van der Waals surface area contributed by atoms with Gasteiger partial charge in [-0.3, -0.25) is 4.79 Å². The molecule has 0 aromatic rings. The van der Waals surface area contributed by atoms with Crippen molar-refractivity contribution in [2.24, 2.45) is 23.5 Å². The second-order valence-corrected chi connectivity index (χ2v) is 9.93. The van der Waals surface area contributed by atoms with Crippen molar-refractivity contribution in [3.63, 3.8) is 0 Å². The highest BCUT2D eigenvalue weighted by Gasteiger charge is 2.42. The Bertz CT molecular complexity index is 548. The van der Waals surface area contributed by atoms with Crippen LogP contribution in [0, 0.1) is 17.8 Å². The number of rotatable bonds is 5. The molecular weight excluding hydrogens is 408 g/mol. The molecule has 0 spiro atoms. The number of hydrogen-bond donors (Lipinski definition) is 4. The minimum atomic E-state index is -1.06.